The monoisotopic (exact) mass is 269 g/mol. The number of halogens is 1. The van der Waals surface area contributed by atoms with Gasteiger partial charge in [-0.05, 0) is 38.1 Å². The molecule has 3 nitrogen and oxygen atoms in total. The average molecular weight is 270 g/mol. The zero-order valence-corrected chi connectivity index (χ0v) is 11.7. The highest BCUT2D eigenvalue weighted by Gasteiger charge is 2.25. The molecule has 18 heavy (non-hydrogen) atoms. The molecule has 1 aromatic carbocycles. The van der Waals surface area contributed by atoms with Crippen LogP contribution in [-0.2, 0) is 4.74 Å². The topological polar surface area (TPSA) is 30.5 Å². The number of benzene rings is 1. The summed E-state index contributed by atoms with van der Waals surface area (Å²) in [6, 6.07) is 6.16. The molecule has 1 fully saturated rings. The van der Waals surface area contributed by atoms with Crippen LogP contribution < -0.4 is 10.1 Å². The number of hydrogen-bond donors (Lipinski definition) is 1. The van der Waals surface area contributed by atoms with Crippen molar-refractivity contribution in [3.63, 3.8) is 0 Å². The van der Waals surface area contributed by atoms with E-state index in [-0.39, 0.29) is 0 Å². The van der Waals surface area contributed by atoms with Gasteiger partial charge in [0, 0.05) is 18.6 Å². The van der Waals surface area contributed by atoms with E-state index < -0.39 is 0 Å². The van der Waals surface area contributed by atoms with Gasteiger partial charge in [0.25, 0.3) is 0 Å². The molecule has 0 saturated carbocycles. The molecule has 0 aromatic heterocycles. The lowest BCUT2D eigenvalue weighted by Gasteiger charge is -2.22. The zero-order chi connectivity index (χ0) is 13.0. The molecule has 0 spiro atoms. The van der Waals surface area contributed by atoms with Gasteiger partial charge in [-0.3, -0.25) is 0 Å². The van der Waals surface area contributed by atoms with Gasteiger partial charge < -0.3 is 14.8 Å². The summed E-state index contributed by atoms with van der Waals surface area (Å²) in [6.07, 6.45) is 1.09. The summed E-state index contributed by atoms with van der Waals surface area (Å²) in [5, 5.41) is 3.97. The number of nitrogens with one attached hydrogen (secondary N) is 1. The molecule has 0 aliphatic carbocycles. The Balaban J connectivity index is 1.92. The Morgan fingerprint density at radius 2 is 2.39 bits per heavy atom. The van der Waals surface area contributed by atoms with E-state index in [0.717, 1.165) is 30.9 Å². The van der Waals surface area contributed by atoms with Crippen molar-refractivity contribution in [2.45, 2.75) is 19.4 Å². The number of hydrogen-bond acceptors (Lipinski definition) is 3. The minimum absolute atomic E-state index is 0.310. The van der Waals surface area contributed by atoms with Crippen molar-refractivity contribution < 1.29 is 9.47 Å². The summed E-state index contributed by atoms with van der Waals surface area (Å²) in [4.78, 5) is 0. The first-order valence-electron chi connectivity index (χ1n) is 6.34. The van der Waals surface area contributed by atoms with Crippen LogP contribution in [0.1, 0.15) is 12.0 Å². The van der Waals surface area contributed by atoms with Gasteiger partial charge >= 0.3 is 0 Å². The van der Waals surface area contributed by atoms with Crippen LogP contribution in [0.4, 0.5) is 0 Å². The second kappa shape index (κ2) is 6.41. The molecule has 4 heteroatoms. The average Bonchev–Trinajstić information content (AvgIpc) is 2.86. The lowest BCUT2D eigenvalue weighted by molar-refractivity contribution is 0.163. The van der Waals surface area contributed by atoms with Gasteiger partial charge in [-0.1, -0.05) is 17.7 Å². The van der Waals surface area contributed by atoms with E-state index in [1.807, 2.05) is 32.2 Å². The molecule has 1 aliphatic rings. The molecule has 1 heterocycles. The van der Waals surface area contributed by atoms with E-state index in [4.69, 9.17) is 21.1 Å². The van der Waals surface area contributed by atoms with Crippen LogP contribution in [0, 0.1) is 12.8 Å². The van der Waals surface area contributed by atoms with Crippen molar-refractivity contribution in [1.82, 2.24) is 5.32 Å². The van der Waals surface area contributed by atoms with E-state index in [0.29, 0.717) is 23.6 Å². The maximum Gasteiger partial charge on any atom is 0.137 e. The third-order valence-electron chi connectivity index (χ3n) is 3.41. The van der Waals surface area contributed by atoms with Gasteiger partial charge in [0.2, 0.25) is 0 Å². The third kappa shape index (κ3) is 3.37. The van der Waals surface area contributed by atoms with Crippen molar-refractivity contribution in [2.75, 3.05) is 26.9 Å². The molecule has 1 aliphatic heterocycles. The fraction of sp³-hybridized carbons (Fsp3) is 0.571. The number of aryl methyl sites for hydroxylation is 1. The summed E-state index contributed by atoms with van der Waals surface area (Å²) in [5.41, 5.74) is 1.14. The van der Waals surface area contributed by atoms with Gasteiger partial charge in [-0.2, -0.15) is 0 Å². The van der Waals surface area contributed by atoms with Crippen molar-refractivity contribution in [2.24, 2.45) is 5.92 Å². The normalized spacial score (nSPS) is 20.9. The number of likely N-dealkylation sites (N-methyl/N-ethyl adjacent to an activating group) is 1. The lowest BCUT2D eigenvalue weighted by Crippen LogP contribution is -2.39. The van der Waals surface area contributed by atoms with Crippen LogP contribution in [0.5, 0.6) is 5.75 Å². The Kier molecular flexibility index (Phi) is 4.87. The van der Waals surface area contributed by atoms with Gasteiger partial charge in [0.05, 0.1) is 11.6 Å². The SMILES string of the molecule is CNC(COc1ccc(C)cc1Cl)C1CCOC1. The molecule has 2 rings (SSSR count). The summed E-state index contributed by atoms with van der Waals surface area (Å²) in [5.74, 6) is 1.28. The summed E-state index contributed by atoms with van der Waals surface area (Å²) >= 11 is 6.15. The maximum absolute atomic E-state index is 6.15. The van der Waals surface area contributed by atoms with Crippen molar-refractivity contribution in [3.8, 4) is 5.75 Å². The molecule has 1 saturated heterocycles. The Bertz CT molecular complexity index is 391. The van der Waals surface area contributed by atoms with Gasteiger partial charge in [-0.15, -0.1) is 0 Å². The van der Waals surface area contributed by atoms with E-state index in [2.05, 4.69) is 5.32 Å². The first-order valence-corrected chi connectivity index (χ1v) is 6.72. The van der Waals surface area contributed by atoms with Crippen LogP contribution in [0.3, 0.4) is 0 Å². The smallest absolute Gasteiger partial charge is 0.137 e. The Labute approximate surface area is 113 Å². The predicted molar refractivity (Wildman–Crippen MR) is 73.5 cm³/mol. The number of ether oxygens (including phenoxy) is 2. The highest BCUT2D eigenvalue weighted by molar-refractivity contribution is 6.32. The highest BCUT2D eigenvalue weighted by Crippen LogP contribution is 2.26. The van der Waals surface area contributed by atoms with Crippen LogP contribution in [-0.4, -0.2) is 32.9 Å². The molecular weight excluding hydrogens is 250 g/mol. The van der Waals surface area contributed by atoms with Crippen molar-refractivity contribution in [1.29, 1.82) is 0 Å². The third-order valence-corrected chi connectivity index (χ3v) is 3.71. The van der Waals surface area contributed by atoms with E-state index >= 15 is 0 Å². The first-order chi connectivity index (χ1) is 8.70. The Morgan fingerprint density at radius 1 is 1.56 bits per heavy atom. The molecule has 100 valence electrons. The van der Waals surface area contributed by atoms with Crippen molar-refractivity contribution in [3.05, 3.63) is 28.8 Å². The Hall–Kier alpha value is -0.770. The minimum atomic E-state index is 0.310. The van der Waals surface area contributed by atoms with Crippen LogP contribution in [0.15, 0.2) is 18.2 Å². The molecule has 2 unspecified atom stereocenters. The largest absolute Gasteiger partial charge is 0.490 e. The highest BCUT2D eigenvalue weighted by atomic mass is 35.5. The van der Waals surface area contributed by atoms with E-state index in [1.165, 1.54) is 0 Å². The van der Waals surface area contributed by atoms with E-state index in [9.17, 15) is 0 Å². The second-order valence-corrected chi connectivity index (χ2v) is 5.17. The van der Waals surface area contributed by atoms with E-state index in [1.54, 1.807) is 0 Å². The molecule has 2 atom stereocenters. The van der Waals surface area contributed by atoms with Crippen LogP contribution >= 0.6 is 11.6 Å². The fourth-order valence-electron chi connectivity index (χ4n) is 2.23. The first kappa shape index (κ1) is 13.7. The summed E-state index contributed by atoms with van der Waals surface area (Å²) in [7, 11) is 1.96. The van der Waals surface area contributed by atoms with Gasteiger partial charge in [-0.25, -0.2) is 0 Å². The fourth-order valence-corrected chi connectivity index (χ4v) is 2.52. The quantitative estimate of drug-likeness (QED) is 0.891. The minimum Gasteiger partial charge on any atom is -0.490 e. The number of rotatable bonds is 5. The lowest BCUT2D eigenvalue weighted by atomic mass is 10.00. The molecule has 1 N–H and O–H groups in total. The molecule has 0 radical (unpaired) electrons. The summed E-state index contributed by atoms with van der Waals surface area (Å²) < 4.78 is 11.2. The van der Waals surface area contributed by atoms with Crippen molar-refractivity contribution >= 4 is 11.6 Å². The van der Waals surface area contributed by atoms with Crippen LogP contribution in [0.2, 0.25) is 5.02 Å². The maximum atomic E-state index is 6.15. The zero-order valence-electron chi connectivity index (χ0n) is 10.9. The summed E-state index contributed by atoms with van der Waals surface area (Å²) in [6.45, 7) is 4.31. The predicted octanol–water partition coefficient (Wildman–Crippen LogP) is 2.65. The standard InChI is InChI=1S/C14H20ClNO2/c1-10-3-4-14(12(15)7-10)18-9-13(16-2)11-5-6-17-8-11/h3-4,7,11,13,16H,5-6,8-9H2,1-2H3. The van der Waals surface area contributed by atoms with Crippen LogP contribution in [0.25, 0.3) is 0 Å². The molecular formula is C14H20ClNO2. The van der Waals surface area contributed by atoms with Gasteiger partial charge in [0.1, 0.15) is 12.4 Å². The molecule has 0 bridgehead atoms. The van der Waals surface area contributed by atoms with Gasteiger partial charge in [0.15, 0.2) is 0 Å². The molecule has 0 amide bonds. The Morgan fingerprint density at radius 3 is 3.00 bits per heavy atom. The second-order valence-electron chi connectivity index (χ2n) is 4.76. The molecule has 1 aromatic rings.